The third-order valence-corrected chi connectivity index (χ3v) is 11.4. The molecule has 0 aromatic heterocycles. The van der Waals surface area contributed by atoms with Crippen LogP contribution >= 0.6 is 9.24 Å². The number of fused-ring (bicyclic) bond motifs is 3. The van der Waals surface area contributed by atoms with E-state index in [0.29, 0.717) is 0 Å². The lowest BCUT2D eigenvalue weighted by Gasteiger charge is -2.35. The summed E-state index contributed by atoms with van der Waals surface area (Å²) in [5.74, 6) is 0. The van der Waals surface area contributed by atoms with Gasteiger partial charge in [0.15, 0.2) is 0 Å². The molecule has 0 spiro atoms. The standard InChI is InChI=1S/C55H39N.C2H3OP/c1-6-16-40(17-7-1)43-26-31-48(32-27-43)56(49-33-28-44(29-34-49)41-18-8-2-9-19-41)50-35-37-52-51-36-30-45(42-20-10-3-11-21-42)38-53(51)55(54(52)39-50,46-22-12-4-13-23-46)47-24-14-5-15-25-47;1-2(3)4/h1-39H;1H3/q;-2. The van der Waals surface area contributed by atoms with Crippen molar-refractivity contribution in [1.82, 2.24) is 0 Å². The van der Waals surface area contributed by atoms with E-state index in [0.717, 1.165) is 17.1 Å². The second-order valence-electron chi connectivity index (χ2n) is 15.0. The van der Waals surface area contributed by atoms with Crippen molar-refractivity contribution in [3.05, 3.63) is 259 Å². The predicted molar refractivity (Wildman–Crippen MR) is 252 cm³/mol. The maximum atomic E-state index is 9.31. The van der Waals surface area contributed by atoms with E-state index >= 15 is 0 Å². The summed E-state index contributed by atoms with van der Waals surface area (Å²) < 4.78 is 0. The van der Waals surface area contributed by atoms with Gasteiger partial charge >= 0.3 is 0 Å². The number of benzene rings is 9. The third kappa shape index (κ3) is 7.39. The lowest BCUT2D eigenvalue weighted by atomic mass is 9.67. The zero-order valence-electron chi connectivity index (χ0n) is 33.3. The molecule has 10 rings (SSSR count). The summed E-state index contributed by atoms with van der Waals surface area (Å²) in [5, 5.41) is 0. The summed E-state index contributed by atoms with van der Waals surface area (Å²) in [6.07, 6.45) is 0. The van der Waals surface area contributed by atoms with Gasteiger partial charge in [-0.25, -0.2) is 5.52 Å². The maximum Gasteiger partial charge on any atom is 0.0714 e. The zero-order valence-corrected chi connectivity index (χ0v) is 34.2. The summed E-state index contributed by atoms with van der Waals surface area (Å²) >= 11 is 0. The van der Waals surface area contributed by atoms with Crippen LogP contribution in [0, 0.1) is 0 Å². The van der Waals surface area contributed by atoms with E-state index in [-0.39, 0.29) is 5.52 Å². The molecule has 0 amide bonds. The first-order valence-corrected chi connectivity index (χ1v) is 20.7. The van der Waals surface area contributed by atoms with Crippen LogP contribution in [0.4, 0.5) is 17.1 Å². The van der Waals surface area contributed by atoms with Crippen LogP contribution in [-0.4, -0.2) is 5.52 Å². The molecular formula is C57H42NOP-2. The van der Waals surface area contributed by atoms with Gasteiger partial charge in [0.1, 0.15) is 0 Å². The quantitative estimate of drug-likeness (QED) is 0.143. The molecule has 1 aliphatic carbocycles. The van der Waals surface area contributed by atoms with E-state index in [9.17, 15) is 4.79 Å². The Bertz CT molecular complexity index is 2730. The van der Waals surface area contributed by atoms with Crippen molar-refractivity contribution in [3.8, 4) is 44.5 Å². The first-order valence-electron chi connectivity index (χ1n) is 20.3. The van der Waals surface area contributed by atoms with E-state index in [2.05, 4.69) is 251 Å². The topological polar surface area (TPSA) is 20.3 Å². The molecule has 0 unspecified atom stereocenters. The number of rotatable bonds is 8. The van der Waals surface area contributed by atoms with Crippen LogP contribution in [0.5, 0.6) is 0 Å². The molecule has 9 aromatic carbocycles. The summed E-state index contributed by atoms with van der Waals surface area (Å²) in [6, 6.07) is 86.2. The summed E-state index contributed by atoms with van der Waals surface area (Å²) in [4.78, 5) is 11.7. The lowest BCUT2D eigenvalue weighted by molar-refractivity contribution is -0.109. The first-order chi connectivity index (χ1) is 29.5. The zero-order chi connectivity index (χ0) is 40.9. The van der Waals surface area contributed by atoms with Crippen molar-refractivity contribution < 1.29 is 4.79 Å². The fraction of sp³-hybridized carbons (Fsp3) is 0.0351. The number of hydrogen-bond donors (Lipinski definition) is 0. The van der Waals surface area contributed by atoms with E-state index in [4.69, 9.17) is 0 Å². The molecule has 2 nitrogen and oxygen atoms in total. The Balaban J connectivity index is 0.00000111. The summed E-state index contributed by atoms with van der Waals surface area (Å²) in [7, 11) is 3.33. The molecule has 60 heavy (non-hydrogen) atoms. The number of anilines is 3. The van der Waals surface area contributed by atoms with Crippen LogP contribution in [0.2, 0.25) is 0 Å². The highest BCUT2D eigenvalue weighted by Gasteiger charge is 2.46. The minimum atomic E-state index is -0.548. The van der Waals surface area contributed by atoms with Crippen molar-refractivity contribution in [2.24, 2.45) is 0 Å². The molecule has 0 aliphatic heterocycles. The molecule has 9 aromatic rings. The SMILES string of the molecule is CC(=O)[P-2].c1ccc(-c2ccc(N(c3ccc(-c4ccccc4)cc3)c3ccc4c(c3)C(c3ccccc3)(c3ccccc3)c3cc(-c5ccccc5)ccc3-4)cc2)cc1. The molecule has 0 saturated heterocycles. The molecule has 0 bridgehead atoms. The third-order valence-electron chi connectivity index (χ3n) is 11.4. The Morgan fingerprint density at radius 1 is 0.367 bits per heavy atom. The molecule has 0 N–H and O–H groups in total. The average molecular weight is 788 g/mol. The van der Waals surface area contributed by atoms with Crippen molar-refractivity contribution in [3.63, 3.8) is 0 Å². The van der Waals surface area contributed by atoms with Crippen molar-refractivity contribution in [2.45, 2.75) is 12.3 Å². The van der Waals surface area contributed by atoms with Gasteiger partial charge in [-0.05, 0) is 109 Å². The Hall–Kier alpha value is -7.12. The fourth-order valence-electron chi connectivity index (χ4n) is 8.74. The monoisotopic (exact) mass is 787 g/mol. The highest BCUT2D eigenvalue weighted by molar-refractivity contribution is 7.39. The second-order valence-corrected chi connectivity index (χ2v) is 15.6. The molecular weight excluding hydrogens is 746 g/mol. The van der Waals surface area contributed by atoms with Gasteiger partial charge in [0, 0.05) is 17.1 Å². The first kappa shape index (κ1) is 38.4. The minimum absolute atomic E-state index is 0.139. The van der Waals surface area contributed by atoms with Gasteiger partial charge in [-0.15, -0.1) is 0 Å². The molecule has 0 fully saturated rings. The highest BCUT2D eigenvalue weighted by atomic mass is 31.0. The van der Waals surface area contributed by atoms with Gasteiger partial charge in [0.25, 0.3) is 0 Å². The Labute approximate surface area is 355 Å². The van der Waals surface area contributed by atoms with Gasteiger partial charge in [-0.1, -0.05) is 201 Å². The smallest absolute Gasteiger partial charge is 0.0714 e. The van der Waals surface area contributed by atoms with Gasteiger partial charge < -0.3 is 18.9 Å². The van der Waals surface area contributed by atoms with Crippen molar-refractivity contribution in [2.75, 3.05) is 4.90 Å². The van der Waals surface area contributed by atoms with Crippen molar-refractivity contribution >= 4 is 31.8 Å². The number of nitrogens with zero attached hydrogens (tertiary/aromatic N) is 1. The van der Waals surface area contributed by atoms with Gasteiger partial charge in [0.2, 0.25) is 0 Å². The van der Waals surface area contributed by atoms with Crippen LogP contribution in [0.1, 0.15) is 29.2 Å². The van der Waals surface area contributed by atoms with Gasteiger partial charge in [-0.2, -0.15) is 0 Å². The molecule has 3 heteroatoms. The average Bonchev–Trinajstić information content (AvgIpc) is 3.60. The van der Waals surface area contributed by atoms with E-state index in [1.165, 1.54) is 73.7 Å². The molecule has 0 atom stereocenters. The maximum absolute atomic E-state index is 9.31. The van der Waals surface area contributed by atoms with Crippen LogP contribution < -0.4 is 4.90 Å². The van der Waals surface area contributed by atoms with Crippen LogP contribution in [0.15, 0.2) is 237 Å². The van der Waals surface area contributed by atoms with Gasteiger partial charge in [-0.3, -0.25) is 0 Å². The molecule has 0 radical (unpaired) electrons. The predicted octanol–water partition coefficient (Wildman–Crippen LogP) is 15.5. The molecule has 0 heterocycles. The Morgan fingerprint density at radius 2 is 0.667 bits per heavy atom. The van der Waals surface area contributed by atoms with E-state index in [1.54, 1.807) is 0 Å². The Kier molecular flexibility index (Phi) is 10.9. The van der Waals surface area contributed by atoms with E-state index < -0.39 is 5.41 Å². The molecule has 0 saturated carbocycles. The molecule has 1 aliphatic rings. The summed E-state index contributed by atoms with van der Waals surface area (Å²) in [6.45, 7) is 1.39. The summed E-state index contributed by atoms with van der Waals surface area (Å²) in [5.41, 5.74) is 17.5. The van der Waals surface area contributed by atoms with E-state index in [1.807, 2.05) is 0 Å². The van der Waals surface area contributed by atoms with Crippen LogP contribution in [-0.2, 0) is 10.2 Å². The van der Waals surface area contributed by atoms with Gasteiger partial charge in [0.05, 0.1) is 5.41 Å². The number of carbonyl (C=O) groups is 1. The highest BCUT2D eigenvalue weighted by Crippen LogP contribution is 2.58. The Morgan fingerprint density at radius 3 is 1.08 bits per heavy atom. The second kappa shape index (κ2) is 17.0. The normalized spacial score (nSPS) is 12.0. The minimum Gasteiger partial charge on any atom is -1.41 e. The largest absolute Gasteiger partial charge is 1.41 e. The van der Waals surface area contributed by atoms with Crippen LogP contribution in [0.25, 0.3) is 44.5 Å². The number of carbonyl (C=O) groups excluding carboxylic acids is 1. The fourth-order valence-corrected chi connectivity index (χ4v) is 8.74. The number of hydrogen-bond acceptors (Lipinski definition) is 2. The molecule has 288 valence electrons. The van der Waals surface area contributed by atoms with Crippen LogP contribution in [0.3, 0.4) is 0 Å². The lowest BCUT2D eigenvalue weighted by Crippen LogP contribution is -2.28. The van der Waals surface area contributed by atoms with Crippen molar-refractivity contribution in [1.29, 1.82) is 0 Å².